The lowest BCUT2D eigenvalue weighted by Crippen LogP contribution is -2.42. The van der Waals surface area contributed by atoms with Gasteiger partial charge in [0.05, 0.1) is 0 Å². The van der Waals surface area contributed by atoms with Gasteiger partial charge < -0.3 is 9.84 Å². The zero-order valence-electron chi connectivity index (χ0n) is 15.9. The van der Waals surface area contributed by atoms with Gasteiger partial charge in [-0.15, -0.1) is 11.3 Å². The van der Waals surface area contributed by atoms with E-state index < -0.39 is 0 Å². The Morgan fingerprint density at radius 2 is 2.04 bits per heavy atom. The molecule has 0 radical (unpaired) electrons. The molecule has 0 saturated carbocycles. The zero-order valence-corrected chi connectivity index (χ0v) is 16.7. The maximum atomic E-state index is 10.1. The zero-order chi connectivity index (χ0) is 18.6. The third-order valence-electron chi connectivity index (χ3n) is 5.54. The lowest BCUT2D eigenvalue weighted by molar-refractivity contribution is 0.149. The van der Waals surface area contributed by atoms with Crippen molar-refractivity contribution in [3.63, 3.8) is 0 Å². The topological polar surface area (TPSA) is 32.7 Å². The van der Waals surface area contributed by atoms with Crippen LogP contribution in [0.2, 0.25) is 0 Å². The molecular weight excluding hydrogens is 354 g/mol. The number of benzene rings is 2. The average Bonchev–Trinajstić information content (AvgIpc) is 3.10. The minimum atomic E-state index is 0.459. The SMILES string of the molecule is CCCN(CCOc1scc2ccccc12)C1CCc2c(O)cccc2C1. The molecule has 3 nitrogen and oxygen atoms in total. The summed E-state index contributed by atoms with van der Waals surface area (Å²) in [5.74, 6) is 0.459. The smallest absolute Gasteiger partial charge is 0.181 e. The molecule has 4 rings (SSSR count). The number of hydrogen-bond donors (Lipinski definition) is 1. The summed E-state index contributed by atoms with van der Waals surface area (Å²) < 4.78 is 6.15. The van der Waals surface area contributed by atoms with Crippen LogP contribution < -0.4 is 4.74 Å². The molecule has 142 valence electrons. The van der Waals surface area contributed by atoms with E-state index in [4.69, 9.17) is 4.74 Å². The van der Waals surface area contributed by atoms with E-state index in [1.807, 2.05) is 12.1 Å². The van der Waals surface area contributed by atoms with Crippen LogP contribution >= 0.6 is 11.3 Å². The van der Waals surface area contributed by atoms with E-state index in [-0.39, 0.29) is 0 Å². The summed E-state index contributed by atoms with van der Waals surface area (Å²) in [5, 5.41) is 15.8. The minimum Gasteiger partial charge on any atom is -0.508 e. The third kappa shape index (κ3) is 3.97. The number of hydrogen-bond acceptors (Lipinski definition) is 4. The number of ether oxygens (including phenoxy) is 1. The van der Waals surface area contributed by atoms with E-state index in [1.54, 1.807) is 11.3 Å². The van der Waals surface area contributed by atoms with Gasteiger partial charge in [-0.3, -0.25) is 4.90 Å². The number of phenolic OH excluding ortho intramolecular Hbond substituents is 1. The first-order valence-corrected chi connectivity index (χ1v) is 10.8. The molecule has 1 unspecified atom stereocenters. The van der Waals surface area contributed by atoms with Gasteiger partial charge >= 0.3 is 0 Å². The summed E-state index contributed by atoms with van der Waals surface area (Å²) >= 11 is 1.69. The van der Waals surface area contributed by atoms with Gasteiger partial charge in [0, 0.05) is 23.4 Å². The molecule has 0 aliphatic heterocycles. The van der Waals surface area contributed by atoms with Crippen molar-refractivity contribution in [1.82, 2.24) is 4.90 Å². The van der Waals surface area contributed by atoms with Crippen molar-refractivity contribution in [3.05, 3.63) is 59.0 Å². The average molecular weight is 382 g/mol. The number of nitrogens with zero attached hydrogens (tertiary/aromatic N) is 1. The molecule has 0 spiro atoms. The van der Waals surface area contributed by atoms with Gasteiger partial charge in [-0.05, 0) is 60.9 Å². The van der Waals surface area contributed by atoms with E-state index in [1.165, 1.54) is 16.3 Å². The fraction of sp³-hybridized carbons (Fsp3) is 0.391. The summed E-state index contributed by atoms with van der Waals surface area (Å²) in [6, 6.07) is 14.9. The number of phenols is 1. The quantitative estimate of drug-likeness (QED) is 0.606. The molecule has 0 saturated heterocycles. The predicted molar refractivity (Wildman–Crippen MR) is 113 cm³/mol. The monoisotopic (exact) mass is 381 g/mol. The molecule has 1 aliphatic rings. The number of rotatable bonds is 7. The summed E-state index contributed by atoms with van der Waals surface area (Å²) in [6.45, 7) is 4.99. The Morgan fingerprint density at radius 1 is 1.15 bits per heavy atom. The Kier molecular flexibility index (Phi) is 5.65. The highest BCUT2D eigenvalue weighted by Crippen LogP contribution is 2.33. The van der Waals surface area contributed by atoms with Crippen LogP contribution in [0.5, 0.6) is 10.8 Å². The van der Waals surface area contributed by atoms with Crippen molar-refractivity contribution in [2.75, 3.05) is 19.7 Å². The second-order valence-corrected chi connectivity index (χ2v) is 8.15. The van der Waals surface area contributed by atoms with Crippen molar-refractivity contribution in [3.8, 4) is 10.8 Å². The standard InChI is InChI=1S/C23H27NO2S/c1-2-12-24(19-10-11-20-17(15-19)7-5-9-22(20)25)13-14-26-23-21-8-4-3-6-18(21)16-27-23/h3-9,16,19,25H,2,10-15H2,1H3. The van der Waals surface area contributed by atoms with Gasteiger partial charge in [-0.2, -0.15) is 0 Å². The highest BCUT2D eigenvalue weighted by Gasteiger charge is 2.25. The Balaban J connectivity index is 1.40. The maximum absolute atomic E-state index is 10.1. The van der Waals surface area contributed by atoms with Gasteiger partial charge in [0.2, 0.25) is 0 Å². The lowest BCUT2D eigenvalue weighted by Gasteiger charge is -2.35. The van der Waals surface area contributed by atoms with Gasteiger partial charge in [-0.25, -0.2) is 0 Å². The van der Waals surface area contributed by atoms with Crippen LogP contribution in [0.15, 0.2) is 47.8 Å². The highest BCUT2D eigenvalue weighted by atomic mass is 32.1. The predicted octanol–water partition coefficient (Wildman–Crippen LogP) is 5.26. The van der Waals surface area contributed by atoms with E-state index in [2.05, 4.69) is 47.5 Å². The van der Waals surface area contributed by atoms with Gasteiger partial charge in [0.25, 0.3) is 0 Å². The molecule has 2 aromatic carbocycles. The summed E-state index contributed by atoms with van der Waals surface area (Å²) in [6.07, 6.45) is 4.23. The van der Waals surface area contributed by atoms with E-state index in [9.17, 15) is 5.11 Å². The van der Waals surface area contributed by atoms with Crippen molar-refractivity contribution in [2.24, 2.45) is 0 Å². The molecule has 4 heteroatoms. The first-order chi connectivity index (χ1) is 13.3. The summed E-state index contributed by atoms with van der Waals surface area (Å²) in [5.41, 5.74) is 2.45. The Labute approximate surface area is 165 Å². The molecule has 0 amide bonds. The molecule has 1 aromatic heterocycles. The highest BCUT2D eigenvalue weighted by molar-refractivity contribution is 7.13. The van der Waals surface area contributed by atoms with Crippen molar-refractivity contribution < 1.29 is 9.84 Å². The van der Waals surface area contributed by atoms with E-state index >= 15 is 0 Å². The molecule has 3 aromatic rings. The van der Waals surface area contributed by atoms with E-state index in [0.29, 0.717) is 18.4 Å². The number of thiophene rings is 1. The van der Waals surface area contributed by atoms with Crippen molar-refractivity contribution >= 4 is 22.1 Å². The Bertz CT molecular complexity index is 904. The Morgan fingerprint density at radius 3 is 2.93 bits per heavy atom. The Hall–Kier alpha value is -2.04. The first kappa shape index (κ1) is 18.3. The number of fused-ring (bicyclic) bond motifs is 2. The van der Waals surface area contributed by atoms with Crippen molar-refractivity contribution in [1.29, 1.82) is 0 Å². The molecule has 0 bridgehead atoms. The molecule has 0 fully saturated rings. The molecule has 1 N–H and O–H groups in total. The normalized spacial score (nSPS) is 16.6. The summed E-state index contributed by atoms with van der Waals surface area (Å²) in [4.78, 5) is 2.57. The largest absolute Gasteiger partial charge is 0.508 e. The lowest BCUT2D eigenvalue weighted by atomic mass is 9.87. The molecule has 1 heterocycles. The van der Waals surface area contributed by atoms with Crippen LogP contribution in [0.4, 0.5) is 0 Å². The van der Waals surface area contributed by atoms with Crippen LogP contribution in [0.3, 0.4) is 0 Å². The van der Waals surface area contributed by atoms with Gasteiger partial charge in [0.15, 0.2) is 5.06 Å². The fourth-order valence-corrected chi connectivity index (χ4v) is 5.08. The molecule has 1 atom stereocenters. The number of aromatic hydroxyl groups is 1. The van der Waals surface area contributed by atoms with E-state index in [0.717, 1.165) is 49.4 Å². The third-order valence-corrected chi connectivity index (χ3v) is 6.47. The van der Waals surface area contributed by atoms with Gasteiger partial charge in [0.1, 0.15) is 12.4 Å². The second-order valence-electron chi connectivity index (χ2n) is 7.31. The van der Waals surface area contributed by atoms with Crippen LogP contribution in [0.25, 0.3) is 10.8 Å². The fourth-order valence-electron chi connectivity index (χ4n) is 4.18. The maximum Gasteiger partial charge on any atom is 0.181 e. The molecule has 1 aliphatic carbocycles. The molecular formula is C23H27NO2S. The first-order valence-electron chi connectivity index (χ1n) is 9.89. The van der Waals surface area contributed by atoms with Crippen LogP contribution in [0.1, 0.15) is 30.9 Å². The van der Waals surface area contributed by atoms with Gasteiger partial charge in [-0.1, -0.05) is 37.3 Å². The minimum absolute atomic E-state index is 0.459. The molecule has 27 heavy (non-hydrogen) atoms. The summed E-state index contributed by atoms with van der Waals surface area (Å²) in [7, 11) is 0. The second kappa shape index (κ2) is 8.32. The van der Waals surface area contributed by atoms with Crippen LogP contribution in [-0.4, -0.2) is 35.7 Å². The van der Waals surface area contributed by atoms with Crippen LogP contribution in [-0.2, 0) is 12.8 Å². The van der Waals surface area contributed by atoms with Crippen molar-refractivity contribution in [2.45, 2.75) is 38.6 Å². The van der Waals surface area contributed by atoms with Crippen LogP contribution in [0, 0.1) is 0 Å².